The molecule has 1 heterocycles. The van der Waals surface area contributed by atoms with E-state index in [0.717, 1.165) is 5.69 Å². The zero-order valence-electron chi connectivity index (χ0n) is 32.3. The molecule has 59 heavy (non-hydrogen) atoms. The van der Waals surface area contributed by atoms with Crippen LogP contribution in [-0.4, -0.2) is 4.57 Å². The van der Waals surface area contributed by atoms with Gasteiger partial charge in [0.2, 0.25) is 0 Å². The molecule has 0 saturated carbocycles. The van der Waals surface area contributed by atoms with Crippen molar-refractivity contribution in [2.75, 3.05) is 0 Å². The lowest BCUT2D eigenvalue weighted by Crippen LogP contribution is -1.93. The number of hydrogen-bond acceptors (Lipinski definition) is 0. The van der Waals surface area contributed by atoms with Crippen LogP contribution in [0, 0.1) is 0 Å². The fourth-order valence-electron chi connectivity index (χ4n) is 9.26. The smallest absolute Gasteiger partial charge is 0.0541 e. The van der Waals surface area contributed by atoms with E-state index in [1.54, 1.807) is 0 Å². The summed E-state index contributed by atoms with van der Waals surface area (Å²) >= 11 is 0. The van der Waals surface area contributed by atoms with E-state index in [2.05, 4.69) is 229 Å². The summed E-state index contributed by atoms with van der Waals surface area (Å²) in [4.78, 5) is 0. The summed E-state index contributed by atoms with van der Waals surface area (Å²) in [6.07, 6.45) is 0. The third-order valence-electron chi connectivity index (χ3n) is 12.3. The molecular formula is C58H37N. The Morgan fingerprint density at radius 1 is 0.203 bits per heavy atom. The molecule has 11 aromatic carbocycles. The monoisotopic (exact) mass is 747 g/mol. The van der Waals surface area contributed by atoms with Crippen molar-refractivity contribution in [3.63, 3.8) is 0 Å². The second-order valence-corrected chi connectivity index (χ2v) is 15.8. The number of benzene rings is 11. The Labute approximate surface area is 342 Å². The van der Waals surface area contributed by atoms with Gasteiger partial charge in [0.25, 0.3) is 0 Å². The molecule has 0 saturated heterocycles. The van der Waals surface area contributed by atoms with Crippen LogP contribution in [0.1, 0.15) is 0 Å². The Bertz CT molecular complexity index is 3590. The normalized spacial score (nSPS) is 11.7. The number of hydrogen-bond donors (Lipinski definition) is 0. The van der Waals surface area contributed by atoms with Crippen molar-refractivity contribution in [3.8, 4) is 50.2 Å². The fraction of sp³-hybridized carbons (Fsp3) is 0. The molecule has 0 unspecified atom stereocenters. The summed E-state index contributed by atoms with van der Waals surface area (Å²) in [5.74, 6) is 0. The van der Waals surface area contributed by atoms with Gasteiger partial charge in [0.1, 0.15) is 0 Å². The molecule has 0 atom stereocenters. The number of rotatable bonds is 5. The van der Waals surface area contributed by atoms with Crippen LogP contribution < -0.4 is 0 Å². The molecule has 1 aromatic heterocycles. The molecule has 0 spiro atoms. The molecule has 0 amide bonds. The molecule has 1 heteroatoms. The van der Waals surface area contributed by atoms with Crippen LogP contribution >= 0.6 is 0 Å². The highest BCUT2D eigenvalue weighted by atomic mass is 15.0. The number of aromatic nitrogens is 1. The third kappa shape index (κ3) is 5.70. The standard InChI is InChI=1S/C58H37N/c1-2-11-52(12-3-1)59-57-30-27-49(36-55(57)56-37-50(28-31-58(56)59)48-26-29-54-51(35-48)25-19-41-9-6-7-13-53(41)54)40-16-14-39(15-17-40)43-21-22-46-34-47(24-23-45(46)33-43)44-20-18-38-8-4-5-10-42(38)32-44/h1-37H. The summed E-state index contributed by atoms with van der Waals surface area (Å²) in [5.41, 5.74) is 13.3. The van der Waals surface area contributed by atoms with Gasteiger partial charge in [-0.25, -0.2) is 0 Å². The van der Waals surface area contributed by atoms with Gasteiger partial charge in [-0.3, -0.25) is 0 Å². The molecule has 0 aliphatic rings. The van der Waals surface area contributed by atoms with Crippen LogP contribution in [0.2, 0.25) is 0 Å². The van der Waals surface area contributed by atoms with Gasteiger partial charge < -0.3 is 4.57 Å². The van der Waals surface area contributed by atoms with Gasteiger partial charge in [0.05, 0.1) is 11.0 Å². The number of para-hydroxylation sites is 1. The Balaban J connectivity index is 0.903. The minimum absolute atomic E-state index is 1.16. The highest BCUT2D eigenvalue weighted by Crippen LogP contribution is 2.39. The van der Waals surface area contributed by atoms with Crippen molar-refractivity contribution in [1.29, 1.82) is 0 Å². The van der Waals surface area contributed by atoms with Crippen LogP contribution in [0.5, 0.6) is 0 Å². The van der Waals surface area contributed by atoms with Crippen molar-refractivity contribution in [3.05, 3.63) is 224 Å². The van der Waals surface area contributed by atoms with E-state index in [0.29, 0.717) is 0 Å². The van der Waals surface area contributed by atoms with Gasteiger partial charge in [0, 0.05) is 16.5 Å². The van der Waals surface area contributed by atoms with E-state index in [9.17, 15) is 0 Å². The Kier molecular flexibility index (Phi) is 7.61. The minimum atomic E-state index is 1.16. The molecular weight excluding hydrogens is 711 g/mol. The lowest BCUT2D eigenvalue weighted by Gasteiger charge is -2.10. The van der Waals surface area contributed by atoms with Crippen LogP contribution in [0.4, 0.5) is 0 Å². The van der Waals surface area contributed by atoms with Crippen LogP contribution in [0.15, 0.2) is 224 Å². The number of fused-ring (bicyclic) bond motifs is 8. The van der Waals surface area contributed by atoms with Crippen molar-refractivity contribution < 1.29 is 0 Å². The second kappa shape index (κ2) is 13.4. The highest BCUT2D eigenvalue weighted by Gasteiger charge is 2.15. The molecule has 0 aliphatic heterocycles. The molecule has 0 N–H and O–H groups in total. The predicted molar refractivity (Wildman–Crippen MR) is 253 cm³/mol. The lowest BCUT2D eigenvalue weighted by molar-refractivity contribution is 1.18. The van der Waals surface area contributed by atoms with E-state index in [1.807, 2.05) is 0 Å². The molecule has 274 valence electrons. The van der Waals surface area contributed by atoms with Gasteiger partial charge in [-0.2, -0.15) is 0 Å². The van der Waals surface area contributed by atoms with E-state index >= 15 is 0 Å². The summed E-state index contributed by atoms with van der Waals surface area (Å²) in [5, 5.41) is 12.6. The van der Waals surface area contributed by atoms with Crippen LogP contribution in [0.3, 0.4) is 0 Å². The SMILES string of the molecule is c1ccc(-n2c3ccc(-c4ccc(-c5ccc6cc(-c7ccc8ccccc8c7)ccc6c5)cc4)cc3c3cc(-c4ccc5c(ccc6ccccc65)c4)ccc32)cc1. The number of nitrogens with zero attached hydrogens (tertiary/aromatic N) is 1. The van der Waals surface area contributed by atoms with Gasteiger partial charge in [-0.05, 0) is 148 Å². The maximum atomic E-state index is 2.40. The van der Waals surface area contributed by atoms with Gasteiger partial charge in [0.15, 0.2) is 0 Å². The maximum absolute atomic E-state index is 2.40. The first-order chi connectivity index (χ1) is 29.2. The fourth-order valence-corrected chi connectivity index (χ4v) is 9.26. The summed E-state index contributed by atoms with van der Waals surface area (Å²) in [6, 6.07) is 82.6. The molecule has 0 radical (unpaired) electrons. The van der Waals surface area contributed by atoms with E-state index in [-0.39, 0.29) is 0 Å². The molecule has 0 bridgehead atoms. The van der Waals surface area contributed by atoms with Gasteiger partial charge >= 0.3 is 0 Å². The molecule has 12 aromatic rings. The Morgan fingerprint density at radius 2 is 0.576 bits per heavy atom. The quantitative estimate of drug-likeness (QED) is 0.155. The zero-order chi connectivity index (χ0) is 38.9. The molecule has 12 rings (SSSR count). The predicted octanol–water partition coefficient (Wildman–Crippen LogP) is 16.1. The zero-order valence-corrected chi connectivity index (χ0v) is 32.3. The summed E-state index contributed by atoms with van der Waals surface area (Å²) < 4.78 is 2.40. The van der Waals surface area contributed by atoms with Crippen molar-refractivity contribution >= 4 is 64.9 Å². The molecule has 0 fully saturated rings. The summed E-state index contributed by atoms with van der Waals surface area (Å²) in [7, 11) is 0. The Hall–Kier alpha value is -7.74. The van der Waals surface area contributed by atoms with E-state index in [1.165, 1.54) is 109 Å². The van der Waals surface area contributed by atoms with E-state index < -0.39 is 0 Å². The van der Waals surface area contributed by atoms with Gasteiger partial charge in [-0.15, -0.1) is 0 Å². The van der Waals surface area contributed by atoms with Crippen molar-refractivity contribution in [1.82, 2.24) is 4.57 Å². The average molecular weight is 748 g/mol. The maximum Gasteiger partial charge on any atom is 0.0541 e. The van der Waals surface area contributed by atoms with Crippen LogP contribution in [0.25, 0.3) is 115 Å². The topological polar surface area (TPSA) is 4.93 Å². The molecule has 1 nitrogen and oxygen atoms in total. The highest BCUT2D eigenvalue weighted by molar-refractivity contribution is 6.12. The van der Waals surface area contributed by atoms with Crippen molar-refractivity contribution in [2.45, 2.75) is 0 Å². The largest absolute Gasteiger partial charge is 0.309 e. The van der Waals surface area contributed by atoms with Crippen molar-refractivity contribution in [2.24, 2.45) is 0 Å². The first-order valence-electron chi connectivity index (χ1n) is 20.4. The summed E-state index contributed by atoms with van der Waals surface area (Å²) in [6.45, 7) is 0. The first kappa shape index (κ1) is 33.4. The third-order valence-corrected chi connectivity index (χ3v) is 12.3. The lowest BCUT2D eigenvalue weighted by atomic mass is 9.95. The molecule has 0 aliphatic carbocycles. The average Bonchev–Trinajstić information content (AvgIpc) is 3.64. The Morgan fingerprint density at radius 3 is 1.22 bits per heavy atom. The second-order valence-electron chi connectivity index (χ2n) is 15.8. The van der Waals surface area contributed by atoms with Gasteiger partial charge in [-0.1, -0.05) is 164 Å². The van der Waals surface area contributed by atoms with E-state index in [4.69, 9.17) is 0 Å². The first-order valence-corrected chi connectivity index (χ1v) is 20.4. The minimum Gasteiger partial charge on any atom is -0.309 e. The van der Waals surface area contributed by atoms with Crippen LogP contribution in [-0.2, 0) is 0 Å².